The number of azide groups is 2. The van der Waals surface area contributed by atoms with E-state index in [-0.39, 0.29) is 65.2 Å². The second kappa shape index (κ2) is 36.1. The van der Waals surface area contributed by atoms with E-state index in [1.54, 1.807) is 7.11 Å². The first-order valence-electron chi connectivity index (χ1n) is 16.4. The van der Waals surface area contributed by atoms with E-state index in [1.165, 1.54) is 0 Å². The van der Waals surface area contributed by atoms with Gasteiger partial charge >= 0.3 is 17.9 Å². The van der Waals surface area contributed by atoms with Gasteiger partial charge in [0.1, 0.15) is 19.8 Å². The molecule has 0 aromatic carbocycles. The van der Waals surface area contributed by atoms with Gasteiger partial charge in [0.05, 0.1) is 118 Å². The van der Waals surface area contributed by atoms with Gasteiger partial charge in [-0.05, 0) is 11.1 Å². The molecule has 0 rings (SSSR count). The fourth-order valence-corrected chi connectivity index (χ4v) is 3.48. The zero-order valence-corrected chi connectivity index (χ0v) is 29.4. The number of carbonyl (C=O) groups is 3. The highest BCUT2D eigenvalue weighted by Gasteiger charge is 2.33. The van der Waals surface area contributed by atoms with E-state index < -0.39 is 29.9 Å². The monoisotopic (exact) mass is 732 g/mol. The molecule has 0 saturated heterocycles. The fraction of sp³-hybridized carbons (Fsp3) is 0.839. The normalized spacial score (nSPS) is 11.8. The maximum atomic E-state index is 12.3. The fourth-order valence-electron chi connectivity index (χ4n) is 3.48. The van der Waals surface area contributed by atoms with Gasteiger partial charge in [-0.25, -0.2) is 0 Å². The topological polar surface area (TPSA) is 250 Å². The van der Waals surface area contributed by atoms with Crippen LogP contribution in [-0.2, 0) is 66.5 Å². The predicted octanol–water partition coefficient (Wildman–Crippen LogP) is 2.18. The van der Waals surface area contributed by atoms with E-state index in [9.17, 15) is 14.4 Å². The number of ether oxygens (including phenoxy) is 11. The lowest BCUT2D eigenvalue weighted by atomic mass is 9.90. The van der Waals surface area contributed by atoms with E-state index in [1.807, 2.05) is 0 Å². The molecule has 51 heavy (non-hydrogen) atoms. The molecule has 0 atom stereocenters. The Morgan fingerprint density at radius 1 is 0.549 bits per heavy atom. The standard InChI is InChI=1S/C31H52N6O14/c1-3-4-5-28(38)50-26-31(24-34-36-32,25-35-37-33)27-51-30(40)7-6-29(39)49-23-22-48-21-20-47-19-18-46-17-16-45-15-14-44-13-12-43-11-10-42-9-8-41-2/h1H,4-27H2,2H3. The summed E-state index contributed by atoms with van der Waals surface area (Å²) in [7, 11) is 1.62. The molecule has 0 aliphatic heterocycles. The first-order valence-corrected chi connectivity index (χ1v) is 16.4. The van der Waals surface area contributed by atoms with Crippen molar-refractivity contribution in [3.63, 3.8) is 0 Å². The van der Waals surface area contributed by atoms with Crippen molar-refractivity contribution in [2.45, 2.75) is 25.7 Å². The number of nitrogens with zero attached hydrogens (tertiary/aromatic N) is 6. The Morgan fingerprint density at radius 3 is 1.24 bits per heavy atom. The highest BCUT2D eigenvalue weighted by Crippen LogP contribution is 2.22. The van der Waals surface area contributed by atoms with E-state index in [0.29, 0.717) is 85.9 Å². The quantitative estimate of drug-likeness (QED) is 0.0169. The van der Waals surface area contributed by atoms with Crippen molar-refractivity contribution in [1.82, 2.24) is 0 Å². The van der Waals surface area contributed by atoms with E-state index >= 15 is 0 Å². The van der Waals surface area contributed by atoms with Gasteiger partial charge in [-0.15, -0.1) is 12.3 Å². The van der Waals surface area contributed by atoms with Crippen LogP contribution >= 0.6 is 0 Å². The van der Waals surface area contributed by atoms with Gasteiger partial charge in [-0.1, -0.05) is 10.2 Å². The lowest BCUT2D eigenvalue weighted by molar-refractivity contribution is -0.156. The van der Waals surface area contributed by atoms with Crippen LogP contribution < -0.4 is 0 Å². The minimum absolute atomic E-state index is 0.0204. The highest BCUT2D eigenvalue weighted by atomic mass is 16.6. The van der Waals surface area contributed by atoms with Crippen LogP contribution in [0.15, 0.2) is 10.2 Å². The maximum Gasteiger partial charge on any atom is 0.306 e. The largest absolute Gasteiger partial charge is 0.465 e. The van der Waals surface area contributed by atoms with E-state index in [0.717, 1.165) is 0 Å². The molecule has 20 heteroatoms. The van der Waals surface area contributed by atoms with Crippen LogP contribution in [0.5, 0.6) is 0 Å². The Balaban J connectivity index is 3.82. The second-order valence-electron chi connectivity index (χ2n) is 10.3. The number of carbonyl (C=O) groups excluding carboxylic acids is 3. The van der Waals surface area contributed by atoms with Crippen LogP contribution in [0.3, 0.4) is 0 Å². The van der Waals surface area contributed by atoms with Gasteiger partial charge in [0.15, 0.2) is 0 Å². The molecule has 0 radical (unpaired) electrons. The molecule has 0 bridgehead atoms. The Labute approximate surface area is 298 Å². The van der Waals surface area contributed by atoms with Crippen molar-refractivity contribution >= 4 is 17.9 Å². The molecule has 0 aromatic heterocycles. The Hall–Kier alpha value is -3.73. The third-order valence-electron chi connectivity index (χ3n) is 6.18. The number of terminal acetylenes is 1. The van der Waals surface area contributed by atoms with Crippen molar-refractivity contribution in [2.24, 2.45) is 15.6 Å². The Morgan fingerprint density at radius 2 is 0.882 bits per heavy atom. The molecule has 0 spiro atoms. The third kappa shape index (κ3) is 32.0. The van der Waals surface area contributed by atoms with Gasteiger partial charge in [0.25, 0.3) is 0 Å². The van der Waals surface area contributed by atoms with Crippen molar-refractivity contribution in [3.05, 3.63) is 20.9 Å². The molecule has 0 aromatic rings. The lowest BCUT2D eigenvalue weighted by Gasteiger charge is -2.29. The predicted molar refractivity (Wildman–Crippen MR) is 178 cm³/mol. The first-order chi connectivity index (χ1) is 24.9. The summed E-state index contributed by atoms with van der Waals surface area (Å²) >= 11 is 0. The molecule has 290 valence electrons. The summed E-state index contributed by atoms with van der Waals surface area (Å²) in [5.74, 6) is 0.279. The van der Waals surface area contributed by atoms with E-state index in [4.69, 9.17) is 69.6 Å². The molecule has 0 aliphatic rings. The number of hydrogen-bond donors (Lipinski definition) is 0. The van der Waals surface area contributed by atoms with Crippen molar-refractivity contribution in [2.75, 3.05) is 139 Å². The number of methoxy groups -OCH3 is 1. The summed E-state index contributed by atoms with van der Waals surface area (Å²) in [6.07, 6.45) is 4.68. The number of hydrogen-bond acceptors (Lipinski definition) is 16. The van der Waals surface area contributed by atoms with Gasteiger partial charge in [0, 0.05) is 41.9 Å². The van der Waals surface area contributed by atoms with Crippen LogP contribution in [0.2, 0.25) is 0 Å². The van der Waals surface area contributed by atoms with Gasteiger partial charge in [-0.2, -0.15) is 0 Å². The molecule has 0 amide bonds. The summed E-state index contributed by atoms with van der Waals surface area (Å²) in [5.41, 5.74) is 16.2. The zero-order chi connectivity index (χ0) is 37.5. The van der Waals surface area contributed by atoms with Crippen molar-refractivity contribution in [1.29, 1.82) is 0 Å². The van der Waals surface area contributed by atoms with Gasteiger partial charge < -0.3 is 52.1 Å². The molecule has 0 heterocycles. The Bertz CT molecular complexity index is 1030. The molecular weight excluding hydrogens is 680 g/mol. The second-order valence-corrected chi connectivity index (χ2v) is 10.3. The van der Waals surface area contributed by atoms with E-state index in [2.05, 4.69) is 26.0 Å². The third-order valence-corrected chi connectivity index (χ3v) is 6.18. The zero-order valence-electron chi connectivity index (χ0n) is 29.4. The van der Waals surface area contributed by atoms with Gasteiger partial charge in [0.2, 0.25) is 0 Å². The summed E-state index contributed by atoms with van der Waals surface area (Å²) < 4.78 is 58.0. The van der Waals surface area contributed by atoms with Crippen molar-refractivity contribution in [3.8, 4) is 12.3 Å². The SMILES string of the molecule is C#CCCC(=O)OCC(CN=[N+]=[N-])(CN=[N+]=[N-])COC(=O)CCC(=O)OCCOCCOCCOCCOCCOCCOCCOCCOC. The Kier molecular flexibility index (Phi) is 33.4. The van der Waals surface area contributed by atoms with Gasteiger partial charge in [-0.3, -0.25) is 14.4 Å². The average Bonchev–Trinajstić information content (AvgIpc) is 3.14. The molecule has 0 unspecified atom stereocenters. The maximum absolute atomic E-state index is 12.3. The summed E-state index contributed by atoms with van der Waals surface area (Å²) in [4.78, 5) is 41.5. The molecule has 20 nitrogen and oxygen atoms in total. The minimum atomic E-state index is -1.31. The molecule has 0 fully saturated rings. The minimum Gasteiger partial charge on any atom is -0.465 e. The number of esters is 3. The smallest absolute Gasteiger partial charge is 0.306 e. The van der Waals surface area contributed by atoms with Crippen LogP contribution in [0.4, 0.5) is 0 Å². The molecular formula is C31H52N6O14. The summed E-state index contributed by atoms with van der Waals surface area (Å²) in [6.45, 7) is 5.06. The highest BCUT2D eigenvalue weighted by molar-refractivity contribution is 5.77. The first kappa shape index (κ1) is 47.3. The van der Waals surface area contributed by atoms with Crippen LogP contribution in [0, 0.1) is 17.8 Å². The average molecular weight is 733 g/mol. The lowest BCUT2D eigenvalue weighted by Crippen LogP contribution is -2.40. The van der Waals surface area contributed by atoms with Crippen molar-refractivity contribution < 1.29 is 66.5 Å². The summed E-state index contributed by atoms with van der Waals surface area (Å²) in [5, 5.41) is 6.93. The van der Waals surface area contributed by atoms with Crippen LogP contribution in [-0.4, -0.2) is 157 Å². The molecule has 0 aliphatic carbocycles. The molecule has 0 saturated carbocycles. The summed E-state index contributed by atoms with van der Waals surface area (Å²) in [6, 6.07) is 0. The van der Waals surface area contributed by atoms with Crippen LogP contribution in [0.25, 0.3) is 20.9 Å². The number of rotatable bonds is 37. The molecule has 0 N–H and O–H groups in total. The van der Waals surface area contributed by atoms with Crippen LogP contribution in [0.1, 0.15) is 25.7 Å².